The van der Waals surface area contributed by atoms with Gasteiger partial charge in [-0.25, -0.2) is 0 Å². The Bertz CT molecular complexity index is 745. The average molecular weight is 331 g/mol. The van der Waals surface area contributed by atoms with Crippen LogP contribution in [0.25, 0.3) is 0 Å². The van der Waals surface area contributed by atoms with Gasteiger partial charge in [0.2, 0.25) is 0 Å². The van der Waals surface area contributed by atoms with Gasteiger partial charge in [0.15, 0.2) is 0 Å². The third kappa shape index (κ3) is 1.12. The Morgan fingerprint density at radius 3 is 1.72 bits per heavy atom. The van der Waals surface area contributed by atoms with Crippen molar-refractivity contribution in [2.24, 2.45) is 94.7 Å². The lowest BCUT2D eigenvalue weighted by atomic mass is 9.53. The minimum atomic E-state index is 1.02. The van der Waals surface area contributed by atoms with Crippen molar-refractivity contribution in [3.8, 4) is 0 Å². The molecular formula is C25H30. The van der Waals surface area contributed by atoms with Crippen LogP contribution in [0, 0.1) is 94.7 Å². The Hall–Kier alpha value is -0.520. The summed E-state index contributed by atoms with van der Waals surface area (Å²) in [6.45, 7) is 0. The lowest BCUT2D eigenvalue weighted by molar-refractivity contribution is -0.0344. The molecule has 16 unspecified atom stereocenters. The third-order valence-electron chi connectivity index (χ3n) is 12.4. The molecule has 8 bridgehead atoms. The molecule has 0 heterocycles. The number of allylic oxidation sites excluding steroid dienone is 4. The molecule has 25 heavy (non-hydrogen) atoms. The minimum Gasteiger partial charge on any atom is -0.0879 e. The van der Waals surface area contributed by atoms with Crippen molar-refractivity contribution in [2.45, 2.75) is 32.1 Å². The van der Waals surface area contributed by atoms with Crippen molar-refractivity contribution < 1.29 is 0 Å². The molecule has 16 atom stereocenters. The number of fused-ring (bicyclic) bond motifs is 26. The summed E-state index contributed by atoms with van der Waals surface area (Å²) < 4.78 is 0. The summed E-state index contributed by atoms with van der Waals surface area (Å²) in [5.41, 5.74) is 0. The Balaban J connectivity index is 1.16. The maximum absolute atomic E-state index is 2.67. The summed E-state index contributed by atoms with van der Waals surface area (Å²) in [7, 11) is 0. The molecule has 9 aliphatic carbocycles. The van der Waals surface area contributed by atoms with Gasteiger partial charge in [0, 0.05) is 0 Å². The molecule has 7 fully saturated rings. The monoisotopic (exact) mass is 330 g/mol. The van der Waals surface area contributed by atoms with Crippen LogP contribution >= 0.6 is 0 Å². The zero-order valence-electron chi connectivity index (χ0n) is 15.1. The number of hydrogen-bond acceptors (Lipinski definition) is 0. The molecule has 130 valence electrons. The maximum Gasteiger partial charge on any atom is -0.0168 e. The van der Waals surface area contributed by atoms with E-state index in [0.717, 1.165) is 47.3 Å². The Labute approximate surface area is 151 Å². The largest absolute Gasteiger partial charge is 0.0879 e. The van der Waals surface area contributed by atoms with Gasteiger partial charge in [0.05, 0.1) is 0 Å². The third-order valence-corrected chi connectivity index (χ3v) is 12.4. The SMILES string of the molecule is C1=CC2C(C1)C1CC2C2C3CC(C12)C1C2CC(C4C5C=CC(C5)C24)C31. The van der Waals surface area contributed by atoms with Crippen LogP contribution in [-0.4, -0.2) is 0 Å². The van der Waals surface area contributed by atoms with Crippen LogP contribution in [0.2, 0.25) is 0 Å². The van der Waals surface area contributed by atoms with Gasteiger partial charge in [-0.3, -0.25) is 0 Å². The highest BCUT2D eigenvalue weighted by Gasteiger charge is 2.76. The lowest BCUT2D eigenvalue weighted by Crippen LogP contribution is -2.47. The fraction of sp³-hybridized carbons (Fsp3) is 0.840. The molecule has 0 amide bonds. The molecule has 0 aromatic heterocycles. The minimum absolute atomic E-state index is 1.02. The van der Waals surface area contributed by atoms with Gasteiger partial charge >= 0.3 is 0 Å². The van der Waals surface area contributed by atoms with E-state index < -0.39 is 0 Å². The number of hydrogen-bond donors (Lipinski definition) is 0. The molecule has 0 aromatic carbocycles. The zero-order chi connectivity index (χ0) is 15.6. The van der Waals surface area contributed by atoms with E-state index in [1.54, 1.807) is 25.7 Å². The van der Waals surface area contributed by atoms with Crippen molar-refractivity contribution in [1.29, 1.82) is 0 Å². The predicted octanol–water partition coefficient (Wildman–Crippen LogP) is 5.03. The first-order valence-electron chi connectivity index (χ1n) is 11.7. The topological polar surface area (TPSA) is 0 Å². The van der Waals surface area contributed by atoms with Gasteiger partial charge in [-0.1, -0.05) is 24.3 Å². The molecule has 7 saturated carbocycles. The fourth-order valence-corrected chi connectivity index (χ4v) is 12.7. The van der Waals surface area contributed by atoms with Crippen molar-refractivity contribution >= 4 is 0 Å². The molecule has 0 spiro atoms. The molecular weight excluding hydrogens is 300 g/mol. The second kappa shape index (κ2) is 3.72. The second-order valence-corrected chi connectivity index (χ2v) is 12.0. The summed E-state index contributed by atoms with van der Waals surface area (Å²) in [5.74, 6) is 18.3. The summed E-state index contributed by atoms with van der Waals surface area (Å²) in [6.07, 6.45) is 18.6. The molecule has 0 aliphatic heterocycles. The van der Waals surface area contributed by atoms with E-state index in [1.165, 1.54) is 53.8 Å². The van der Waals surface area contributed by atoms with Crippen LogP contribution in [-0.2, 0) is 0 Å². The molecule has 0 heteroatoms. The van der Waals surface area contributed by atoms with E-state index in [1.807, 2.05) is 0 Å². The van der Waals surface area contributed by atoms with Crippen molar-refractivity contribution in [1.82, 2.24) is 0 Å². The summed E-state index contributed by atoms with van der Waals surface area (Å²) in [4.78, 5) is 0. The van der Waals surface area contributed by atoms with E-state index >= 15 is 0 Å². The summed E-state index contributed by atoms with van der Waals surface area (Å²) in [5, 5.41) is 0. The highest BCUT2D eigenvalue weighted by atomic mass is 14.8. The van der Waals surface area contributed by atoms with E-state index in [-0.39, 0.29) is 0 Å². The van der Waals surface area contributed by atoms with Gasteiger partial charge in [0.25, 0.3) is 0 Å². The first kappa shape index (κ1) is 12.8. The first-order valence-corrected chi connectivity index (χ1v) is 11.7. The van der Waals surface area contributed by atoms with Crippen LogP contribution in [0.3, 0.4) is 0 Å². The van der Waals surface area contributed by atoms with Crippen LogP contribution in [0.4, 0.5) is 0 Å². The predicted molar refractivity (Wildman–Crippen MR) is 97.2 cm³/mol. The van der Waals surface area contributed by atoms with E-state index in [2.05, 4.69) is 24.3 Å². The van der Waals surface area contributed by atoms with Crippen LogP contribution in [0.15, 0.2) is 24.3 Å². The van der Waals surface area contributed by atoms with Gasteiger partial charge in [-0.2, -0.15) is 0 Å². The zero-order valence-corrected chi connectivity index (χ0v) is 15.1. The average Bonchev–Trinajstić information content (AvgIpc) is 3.49. The second-order valence-electron chi connectivity index (χ2n) is 12.0. The number of rotatable bonds is 0. The molecule has 9 rings (SSSR count). The standard InChI is InChI=1S/C25H30/c1-2-12-13(3-1)15-7-14(12)22-18-9-19(23(15)22)25-17-8-16(24(18)25)20-10-4-5-11(6-10)21(17)20/h1-2,4-5,10-25H,3,6-9H2. The van der Waals surface area contributed by atoms with Crippen molar-refractivity contribution in [2.75, 3.05) is 0 Å². The quantitative estimate of drug-likeness (QED) is 0.431. The fourth-order valence-electron chi connectivity index (χ4n) is 12.7. The normalized spacial score (nSPS) is 76.5. The van der Waals surface area contributed by atoms with E-state index in [4.69, 9.17) is 0 Å². The Morgan fingerprint density at radius 2 is 1.00 bits per heavy atom. The molecule has 0 aromatic rings. The van der Waals surface area contributed by atoms with Crippen LogP contribution in [0.5, 0.6) is 0 Å². The summed E-state index contributed by atoms with van der Waals surface area (Å²) >= 11 is 0. The lowest BCUT2D eigenvalue weighted by Gasteiger charge is -2.51. The van der Waals surface area contributed by atoms with E-state index in [9.17, 15) is 0 Å². The molecule has 0 radical (unpaired) electrons. The van der Waals surface area contributed by atoms with Crippen molar-refractivity contribution in [3.05, 3.63) is 24.3 Å². The highest BCUT2D eigenvalue weighted by Crippen LogP contribution is 2.82. The summed E-state index contributed by atoms with van der Waals surface area (Å²) in [6, 6.07) is 0. The van der Waals surface area contributed by atoms with Crippen LogP contribution < -0.4 is 0 Å². The molecule has 0 saturated heterocycles. The van der Waals surface area contributed by atoms with Gasteiger partial charge in [0.1, 0.15) is 0 Å². The van der Waals surface area contributed by atoms with Gasteiger partial charge < -0.3 is 0 Å². The van der Waals surface area contributed by atoms with Crippen LogP contribution in [0.1, 0.15) is 32.1 Å². The molecule has 0 nitrogen and oxygen atoms in total. The Morgan fingerprint density at radius 1 is 0.440 bits per heavy atom. The maximum atomic E-state index is 2.67. The highest BCUT2D eigenvalue weighted by molar-refractivity contribution is 5.29. The van der Waals surface area contributed by atoms with Crippen molar-refractivity contribution in [3.63, 3.8) is 0 Å². The van der Waals surface area contributed by atoms with Gasteiger partial charge in [-0.05, 0) is 127 Å². The molecule has 0 N–H and O–H groups in total. The first-order chi connectivity index (χ1) is 12.4. The van der Waals surface area contributed by atoms with E-state index in [0.29, 0.717) is 0 Å². The smallest absolute Gasteiger partial charge is 0.0168 e. The van der Waals surface area contributed by atoms with Gasteiger partial charge in [-0.15, -0.1) is 0 Å². The Kier molecular flexibility index (Phi) is 1.90. The molecule has 9 aliphatic rings.